The lowest BCUT2D eigenvalue weighted by Gasteiger charge is -2.42. The van der Waals surface area contributed by atoms with Crippen LogP contribution in [0.25, 0.3) is 0 Å². The summed E-state index contributed by atoms with van der Waals surface area (Å²) in [5.41, 5.74) is 0.0741. The number of rotatable bonds is 4. The second-order valence-corrected chi connectivity index (χ2v) is 7.04. The van der Waals surface area contributed by atoms with Crippen LogP contribution in [-0.2, 0) is 4.79 Å². The highest BCUT2D eigenvalue weighted by molar-refractivity contribution is 5.96. The molecule has 2 N–H and O–H groups in total. The normalized spacial score (nSPS) is 25.0. The molecule has 2 aliphatic rings. The molecule has 2 atom stereocenters. The first-order chi connectivity index (χ1) is 12.4. The molecule has 0 saturated carbocycles. The van der Waals surface area contributed by atoms with Gasteiger partial charge in [0.25, 0.3) is 5.91 Å². The van der Waals surface area contributed by atoms with Crippen LogP contribution in [-0.4, -0.2) is 59.4 Å². The quantitative estimate of drug-likeness (QED) is 0.847. The molecule has 7 nitrogen and oxygen atoms in total. The Morgan fingerprint density at radius 2 is 1.92 bits per heavy atom. The predicted octanol–water partition coefficient (Wildman–Crippen LogP) is 1.84. The molecule has 0 aromatic heterocycles. The molecule has 1 amide bonds. The van der Waals surface area contributed by atoms with Crippen molar-refractivity contribution >= 4 is 11.9 Å². The smallest absolute Gasteiger partial charge is 0.312 e. The zero-order valence-electron chi connectivity index (χ0n) is 15.2. The lowest BCUT2D eigenvalue weighted by atomic mass is 9.72. The Hall–Kier alpha value is -2.28. The van der Waals surface area contributed by atoms with Crippen LogP contribution in [0.2, 0.25) is 0 Å². The molecule has 2 aliphatic heterocycles. The molecular formula is C19H25NO6. The number of aryl methyl sites for hydroxylation is 1. The number of benzene rings is 1. The predicted molar refractivity (Wildman–Crippen MR) is 93.7 cm³/mol. The third-order valence-electron chi connectivity index (χ3n) is 5.39. The summed E-state index contributed by atoms with van der Waals surface area (Å²) in [7, 11) is 0. The van der Waals surface area contributed by atoms with Crippen LogP contribution in [0.15, 0.2) is 12.1 Å². The Morgan fingerprint density at radius 3 is 2.50 bits per heavy atom. The van der Waals surface area contributed by atoms with Crippen LogP contribution in [0.5, 0.6) is 11.5 Å². The van der Waals surface area contributed by atoms with Gasteiger partial charge in [-0.15, -0.1) is 0 Å². The number of aliphatic hydroxyl groups is 1. The number of likely N-dealkylation sites (tertiary alicyclic amines) is 1. The summed E-state index contributed by atoms with van der Waals surface area (Å²) in [6.45, 7) is 4.95. The topological polar surface area (TPSA) is 96.3 Å². The van der Waals surface area contributed by atoms with E-state index in [0.29, 0.717) is 49.7 Å². The lowest BCUT2D eigenvalue weighted by molar-refractivity contribution is -0.162. The highest BCUT2D eigenvalue weighted by atomic mass is 16.6. The van der Waals surface area contributed by atoms with Gasteiger partial charge in [0.2, 0.25) is 0 Å². The molecule has 0 radical (unpaired) electrons. The number of fused-ring (bicyclic) bond motifs is 1. The molecule has 1 saturated heterocycles. The van der Waals surface area contributed by atoms with Gasteiger partial charge in [-0.3, -0.25) is 9.59 Å². The highest BCUT2D eigenvalue weighted by Gasteiger charge is 2.48. The Bertz CT molecular complexity index is 718. The van der Waals surface area contributed by atoms with E-state index in [2.05, 4.69) is 0 Å². The Kier molecular flexibility index (Phi) is 5.09. The molecule has 0 bridgehead atoms. The minimum atomic E-state index is -1.17. The fourth-order valence-corrected chi connectivity index (χ4v) is 3.85. The van der Waals surface area contributed by atoms with Gasteiger partial charge >= 0.3 is 5.97 Å². The second-order valence-electron chi connectivity index (χ2n) is 7.04. The van der Waals surface area contributed by atoms with Gasteiger partial charge in [0.15, 0.2) is 11.5 Å². The van der Waals surface area contributed by atoms with E-state index in [1.165, 1.54) is 4.90 Å². The van der Waals surface area contributed by atoms with E-state index in [9.17, 15) is 19.8 Å². The molecule has 1 aromatic carbocycles. The third-order valence-corrected chi connectivity index (χ3v) is 5.39. The van der Waals surface area contributed by atoms with Gasteiger partial charge in [-0.05, 0) is 37.5 Å². The Labute approximate surface area is 152 Å². The molecule has 7 heteroatoms. The molecule has 3 rings (SSSR count). The average molecular weight is 363 g/mol. The van der Waals surface area contributed by atoms with E-state index < -0.39 is 17.5 Å². The van der Waals surface area contributed by atoms with Crippen LogP contribution >= 0.6 is 0 Å². The Balaban J connectivity index is 1.81. The van der Waals surface area contributed by atoms with Crippen molar-refractivity contribution < 1.29 is 29.3 Å². The Morgan fingerprint density at radius 1 is 1.27 bits per heavy atom. The summed E-state index contributed by atoms with van der Waals surface area (Å²) in [6, 6.07) is 3.45. The maximum absolute atomic E-state index is 13.0. The van der Waals surface area contributed by atoms with Crippen molar-refractivity contribution in [1.29, 1.82) is 0 Å². The van der Waals surface area contributed by atoms with Crippen LogP contribution < -0.4 is 9.47 Å². The number of aliphatic hydroxyl groups excluding tert-OH is 1. The first-order valence-electron chi connectivity index (χ1n) is 9.00. The lowest BCUT2D eigenvalue weighted by Crippen LogP contribution is -2.56. The summed E-state index contributed by atoms with van der Waals surface area (Å²) in [4.78, 5) is 26.2. The van der Waals surface area contributed by atoms with Gasteiger partial charge in [0, 0.05) is 18.7 Å². The highest BCUT2D eigenvalue weighted by Crippen LogP contribution is 2.38. The number of carbonyl (C=O) groups excluding carboxylic acids is 1. The molecule has 142 valence electrons. The average Bonchev–Trinajstić information content (AvgIpc) is 2.62. The number of nitrogens with zero attached hydrogens (tertiary/aromatic N) is 1. The number of carboxylic acid groups (broad SMARTS) is 1. The van der Waals surface area contributed by atoms with Gasteiger partial charge < -0.3 is 24.6 Å². The van der Waals surface area contributed by atoms with Crippen molar-refractivity contribution in [2.45, 2.75) is 39.2 Å². The molecule has 1 aromatic rings. The number of hydrogen-bond donors (Lipinski definition) is 2. The van der Waals surface area contributed by atoms with E-state index in [4.69, 9.17) is 9.47 Å². The zero-order valence-corrected chi connectivity index (χ0v) is 15.2. The van der Waals surface area contributed by atoms with Gasteiger partial charge in [0.1, 0.15) is 13.2 Å². The second kappa shape index (κ2) is 7.15. The van der Waals surface area contributed by atoms with Crippen molar-refractivity contribution in [3.8, 4) is 11.5 Å². The number of aliphatic carboxylic acids is 1. The van der Waals surface area contributed by atoms with Gasteiger partial charge in [-0.1, -0.05) is 13.3 Å². The van der Waals surface area contributed by atoms with Crippen LogP contribution in [0.1, 0.15) is 42.1 Å². The van der Waals surface area contributed by atoms with Crippen LogP contribution in [0.4, 0.5) is 0 Å². The van der Waals surface area contributed by atoms with Crippen molar-refractivity contribution in [2.75, 3.05) is 26.3 Å². The number of amides is 1. The number of carbonyl (C=O) groups is 2. The van der Waals surface area contributed by atoms with E-state index in [-0.39, 0.29) is 18.9 Å². The number of hydrogen-bond acceptors (Lipinski definition) is 5. The first kappa shape index (κ1) is 18.5. The molecule has 0 spiro atoms. The standard InChI is InChI=1S/C19H25NO6/c1-3-4-19(18(23)24)5-6-20(11-16(19)21)17(22)13-10-15-14(9-12(13)2)25-7-8-26-15/h9-10,16,21H,3-8,11H2,1-2H3,(H,23,24)/t16-,19+/m1/s1. The zero-order chi connectivity index (χ0) is 18.9. The largest absolute Gasteiger partial charge is 0.486 e. The van der Waals surface area contributed by atoms with E-state index >= 15 is 0 Å². The number of ether oxygens (including phenoxy) is 2. The molecule has 0 unspecified atom stereocenters. The summed E-state index contributed by atoms with van der Waals surface area (Å²) in [5, 5.41) is 20.1. The SMILES string of the molecule is CCC[C@]1(C(=O)O)CCN(C(=O)c2cc3c(cc2C)OCCO3)C[C@H]1O. The third kappa shape index (κ3) is 3.11. The van der Waals surface area contributed by atoms with Crippen LogP contribution in [0, 0.1) is 12.3 Å². The summed E-state index contributed by atoms with van der Waals surface area (Å²) in [6.07, 6.45) is 0.218. The summed E-state index contributed by atoms with van der Waals surface area (Å²) < 4.78 is 11.1. The minimum Gasteiger partial charge on any atom is -0.486 e. The van der Waals surface area contributed by atoms with E-state index in [1.807, 2.05) is 13.8 Å². The molecular weight excluding hydrogens is 338 g/mol. The monoisotopic (exact) mass is 363 g/mol. The maximum Gasteiger partial charge on any atom is 0.312 e. The van der Waals surface area contributed by atoms with E-state index in [1.54, 1.807) is 12.1 Å². The molecule has 26 heavy (non-hydrogen) atoms. The van der Waals surface area contributed by atoms with Crippen LogP contribution in [0.3, 0.4) is 0 Å². The summed E-state index contributed by atoms with van der Waals surface area (Å²) in [5.74, 6) is -0.0612. The number of β-amino-alcohol motifs (C(OH)–C–C–N with tert-alkyl or cyclic N) is 1. The number of carboxylic acids is 1. The van der Waals surface area contributed by atoms with Crippen molar-refractivity contribution in [2.24, 2.45) is 5.41 Å². The van der Waals surface area contributed by atoms with Gasteiger partial charge in [-0.2, -0.15) is 0 Å². The molecule has 1 fully saturated rings. The number of piperidine rings is 1. The first-order valence-corrected chi connectivity index (χ1v) is 9.00. The maximum atomic E-state index is 13.0. The van der Waals surface area contributed by atoms with Crippen molar-refractivity contribution in [3.05, 3.63) is 23.3 Å². The van der Waals surface area contributed by atoms with Gasteiger partial charge in [0.05, 0.1) is 11.5 Å². The fraction of sp³-hybridized carbons (Fsp3) is 0.579. The fourth-order valence-electron chi connectivity index (χ4n) is 3.85. The molecule has 0 aliphatic carbocycles. The van der Waals surface area contributed by atoms with Gasteiger partial charge in [-0.25, -0.2) is 0 Å². The molecule has 2 heterocycles. The minimum absolute atomic E-state index is 0.0129. The van der Waals surface area contributed by atoms with E-state index in [0.717, 1.165) is 5.56 Å². The summed E-state index contributed by atoms with van der Waals surface area (Å²) >= 11 is 0. The van der Waals surface area contributed by atoms with Crippen molar-refractivity contribution in [1.82, 2.24) is 4.90 Å². The van der Waals surface area contributed by atoms with Crippen molar-refractivity contribution in [3.63, 3.8) is 0 Å².